The third-order valence-corrected chi connectivity index (χ3v) is 6.44. The van der Waals surface area contributed by atoms with Gasteiger partial charge in [-0.2, -0.15) is 4.99 Å². The van der Waals surface area contributed by atoms with Crippen molar-refractivity contribution in [3.8, 4) is 5.75 Å². The quantitative estimate of drug-likeness (QED) is 0.302. The van der Waals surface area contributed by atoms with Gasteiger partial charge in [-0.1, -0.05) is 57.6 Å². The lowest BCUT2D eigenvalue weighted by Gasteiger charge is -2.11. The van der Waals surface area contributed by atoms with Gasteiger partial charge in [-0.3, -0.25) is 4.79 Å². The van der Waals surface area contributed by atoms with Crippen LogP contribution in [-0.2, 0) is 11.3 Å². The van der Waals surface area contributed by atoms with Crippen LogP contribution in [0.25, 0.3) is 21.0 Å². The van der Waals surface area contributed by atoms with Crippen LogP contribution in [0.4, 0.5) is 0 Å². The Bertz CT molecular complexity index is 1310. The van der Waals surface area contributed by atoms with Crippen molar-refractivity contribution in [2.75, 3.05) is 19.8 Å². The minimum Gasteiger partial charge on any atom is -0.493 e. The van der Waals surface area contributed by atoms with Crippen molar-refractivity contribution < 1.29 is 14.3 Å². The van der Waals surface area contributed by atoms with Crippen LogP contribution < -0.4 is 9.54 Å². The number of aromatic nitrogens is 1. The fraction of sp³-hybridized carbons (Fsp3) is 0.250. The average molecular weight is 499 g/mol. The highest BCUT2D eigenvalue weighted by atomic mass is 79.9. The summed E-state index contributed by atoms with van der Waals surface area (Å²) in [6, 6.07) is 17.7. The van der Waals surface area contributed by atoms with E-state index < -0.39 is 0 Å². The Kier molecular flexibility index (Phi) is 6.85. The number of rotatable bonds is 7. The molecule has 5 nitrogen and oxygen atoms in total. The Morgan fingerprint density at radius 3 is 2.74 bits per heavy atom. The minimum atomic E-state index is -0.309. The first-order valence-corrected chi connectivity index (χ1v) is 11.8. The van der Waals surface area contributed by atoms with Gasteiger partial charge in [0, 0.05) is 17.6 Å². The summed E-state index contributed by atoms with van der Waals surface area (Å²) in [5, 5.41) is 1.82. The van der Waals surface area contributed by atoms with Crippen LogP contribution in [0.5, 0.6) is 5.75 Å². The van der Waals surface area contributed by atoms with Gasteiger partial charge in [-0.05, 0) is 48.9 Å². The molecule has 1 heterocycles. The zero-order valence-corrected chi connectivity index (χ0v) is 19.8. The molecule has 1 aromatic heterocycles. The van der Waals surface area contributed by atoms with Crippen LogP contribution in [0.2, 0.25) is 0 Å². The van der Waals surface area contributed by atoms with Crippen LogP contribution in [0, 0.1) is 0 Å². The van der Waals surface area contributed by atoms with E-state index in [0.29, 0.717) is 42.5 Å². The standard InChI is InChI=1S/C24H23BrN2O3S/c1-3-29-14-13-27-19-11-10-17(25)15-21(19)31-24(27)26-23(28)22-18-8-6-5-7-16(18)9-12-20(22)30-4-2/h5-12,15H,3-4,13-14H2,1-2H3. The zero-order chi connectivity index (χ0) is 21.8. The second-order valence-corrected chi connectivity index (χ2v) is 8.78. The molecule has 160 valence electrons. The molecule has 4 aromatic rings. The molecule has 0 radical (unpaired) electrons. The molecule has 0 unspecified atom stereocenters. The molecular formula is C24H23BrN2O3S. The summed E-state index contributed by atoms with van der Waals surface area (Å²) in [5.74, 6) is 0.246. The van der Waals surface area contributed by atoms with Gasteiger partial charge in [-0.15, -0.1) is 0 Å². The lowest BCUT2D eigenvalue weighted by Crippen LogP contribution is -2.20. The number of halogens is 1. The van der Waals surface area contributed by atoms with E-state index in [1.807, 2.05) is 73.0 Å². The van der Waals surface area contributed by atoms with Gasteiger partial charge in [0.2, 0.25) is 0 Å². The maximum absolute atomic E-state index is 13.5. The highest BCUT2D eigenvalue weighted by Gasteiger charge is 2.17. The van der Waals surface area contributed by atoms with E-state index in [1.54, 1.807) is 0 Å². The number of benzene rings is 3. The van der Waals surface area contributed by atoms with Crippen LogP contribution >= 0.6 is 27.3 Å². The molecule has 0 aliphatic rings. The predicted molar refractivity (Wildman–Crippen MR) is 129 cm³/mol. The number of hydrogen-bond donors (Lipinski definition) is 0. The average Bonchev–Trinajstić information content (AvgIpc) is 3.09. The van der Waals surface area contributed by atoms with E-state index in [4.69, 9.17) is 9.47 Å². The molecule has 31 heavy (non-hydrogen) atoms. The topological polar surface area (TPSA) is 52.8 Å². The predicted octanol–water partition coefficient (Wildman–Crippen LogP) is 5.79. The van der Waals surface area contributed by atoms with Crippen LogP contribution in [0.1, 0.15) is 24.2 Å². The van der Waals surface area contributed by atoms with Gasteiger partial charge in [0.05, 0.1) is 29.0 Å². The molecule has 7 heteroatoms. The molecular weight excluding hydrogens is 476 g/mol. The van der Waals surface area contributed by atoms with E-state index in [2.05, 4.69) is 20.9 Å². The van der Waals surface area contributed by atoms with Crippen molar-refractivity contribution in [2.24, 2.45) is 4.99 Å². The van der Waals surface area contributed by atoms with E-state index >= 15 is 0 Å². The first-order valence-electron chi connectivity index (χ1n) is 10.2. The van der Waals surface area contributed by atoms with Crippen molar-refractivity contribution >= 4 is 54.2 Å². The highest BCUT2D eigenvalue weighted by Crippen LogP contribution is 2.29. The summed E-state index contributed by atoms with van der Waals surface area (Å²) in [7, 11) is 0. The van der Waals surface area contributed by atoms with Crippen molar-refractivity contribution in [2.45, 2.75) is 20.4 Å². The van der Waals surface area contributed by atoms with Crippen molar-refractivity contribution in [3.05, 3.63) is 69.4 Å². The van der Waals surface area contributed by atoms with Crippen LogP contribution in [0.3, 0.4) is 0 Å². The van der Waals surface area contributed by atoms with E-state index in [9.17, 15) is 4.79 Å². The number of amides is 1. The van der Waals surface area contributed by atoms with E-state index in [1.165, 1.54) is 11.3 Å². The number of nitrogens with zero attached hydrogens (tertiary/aromatic N) is 2. The first-order chi connectivity index (χ1) is 15.1. The summed E-state index contributed by atoms with van der Waals surface area (Å²) < 4.78 is 15.4. The molecule has 3 aromatic carbocycles. The lowest BCUT2D eigenvalue weighted by atomic mass is 10.0. The van der Waals surface area contributed by atoms with Crippen molar-refractivity contribution in [1.29, 1.82) is 0 Å². The number of carbonyl (C=O) groups is 1. The summed E-state index contributed by atoms with van der Waals surface area (Å²) in [6.07, 6.45) is 0. The summed E-state index contributed by atoms with van der Waals surface area (Å²) in [4.78, 5) is 18.7. The Hall–Kier alpha value is -2.48. The minimum absolute atomic E-state index is 0.309. The molecule has 0 aliphatic carbocycles. The van der Waals surface area contributed by atoms with Gasteiger partial charge >= 0.3 is 0 Å². The molecule has 0 fully saturated rings. The number of thiazole rings is 1. The second-order valence-electron chi connectivity index (χ2n) is 6.86. The second kappa shape index (κ2) is 9.77. The molecule has 0 spiro atoms. The summed E-state index contributed by atoms with van der Waals surface area (Å²) >= 11 is 5.02. The van der Waals surface area contributed by atoms with E-state index in [-0.39, 0.29) is 5.91 Å². The number of hydrogen-bond acceptors (Lipinski definition) is 4. The zero-order valence-electron chi connectivity index (χ0n) is 17.4. The third kappa shape index (κ3) is 4.59. The normalized spacial score (nSPS) is 12.0. The summed E-state index contributed by atoms with van der Waals surface area (Å²) in [5.41, 5.74) is 1.53. The molecule has 0 atom stereocenters. The largest absolute Gasteiger partial charge is 0.493 e. The van der Waals surface area contributed by atoms with E-state index in [0.717, 1.165) is 25.5 Å². The number of ether oxygens (including phenoxy) is 2. The lowest BCUT2D eigenvalue weighted by molar-refractivity contribution is 0.0994. The van der Waals surface area contributed by atoms with Crippen LogP contribution in [0.15, 0.2) is 64.1 Å². The molecule has 0 saturated carbocycles. The number of fused-ring (bicyclic) bond motifs is 2. The third-order valence-electron chi connectivity index (χ3n) is 4.91. The van der Waals surface area contributed by atoms with Gasteiger partial charge in [-0.25, -0.2) is 0 Å². The van der Waals surface area contributed by atoms with Crippen molar-refractivity contribution in [1.82, 2.24) is 4.57 Å². The van der Waals surface area contributed by atoms with Gasteiger partial charge in [0.15, 0.2) is 4.80 Å². The Morgan fingerprint density at radius 1 is 1.10 bits per heavy atom. The smallest absolute Gasteiger partial charge is 0.284 e. The van der Waals surface area contributed by atoms with Crippen LogP contribution in [-0.4, -0.2) is 30.3 Å². The van der Waals surface area contributed by atoms with Gasteiger partial charge in [0.25, 0.3) is 5.91 Å². The fourth-order valence-corrected chi connectivity index (χ4v) is 5.15. The van der Waals surface area contributed by atoms with Crippen molar-refractivity contribution in [3.63, 3.8) is 0 Å². The maximum atomic E-state index is 13.5. The molecule has 0 saturated heterocycles. The Morgan fingerprint density at radius 2 is 1.94 bits per heavy atom. The molecule has 1 amide bonds. The SMILES string of the molecule is CCOCCn1c(=NC(=O)c2c(OCC)ccc3ccccc23)sc2cc(Br)ccc21. The molecule has 0 aliphatic heterocycles. The Labute approximate surface area is 193 Å². The Balaban J connectivity index is 1.88. The number of carbonyl (C=O) groups excluding carboxylic acids is 1. The summed E-state index contributed by atoms with van der Waals surface area (Å²) in [6.45, 7) is 6.18. The molecule has 0 bridgehead atoms. The molecule has 4 rings (SSSR count). The highest BCUT2D eigenvalue weighted by molar-refractivity contribution is 9.10. The monoisotopic (exact) mass is 498 g/mol. The van der Waals surface area contributed by atoms with Gasteiger partial charge < -0.3 is 14.0 Å². The fourth-order valence-electron chi connectivity index (χ4n) is 3.54. The first kappa shape index (κ1) is 21.7. The molecule has 0 N–H and O–H groups in total. The van der Waals surface area contributed by atoms with Gasteiger partial charge in [0.1, 0.15) is 5.75 Å². The maximum Gasteiger partial charge on any atom is 0.284 e.